The van der Waals surface area contributed by atoms with Gasteiger partial charge in [0.15, 0.2) is 0 Å². The smallest absolute Gasteiger partial charge is 0.410 e. The van der Waals surface area contributed by atoms with Gasteiger partial charge in [0.1, 0.15) is 5.60 Å². The van der Waals surface area contributed by atoms with E-state index in [4.69, 9.17) is 9.47 Å². The van der Waals surface area contributed by atoms with Crippen molar-refractivity contribution in [3.8, 4) is 0 Å². The number of ether oxygens (including phenoxy) is 2. The summed E-state index contributed by atoms with van der Waals surface area (Å²) in [6, 6.07) is 0.0794. The zero-order valence-electron chi connectivity index (χ0n) is 13.8. The number of amides is 1. The van der Waals surface area contributed by atoms with Crippen LogP contribution in [-0.4, -0.2) is 66.3 Å². The molecule has 1 atom stereocenters. The number of esters is 1. The molecule has 0 aromatic heterocycles. The van der Waals surface area contributed by atoms with E-state index in [9.17, 15) is 9.59 Å². The Hall–Kier alpha value is -1.30. The van der Waals surface area contributed by atoms with E-state index in [0.29, 0.717) is 26.1 Å². The van der Waals surface area contributed by atoms with Crippen LogP contribution in [0.3, 0.4) is 0 Å². The van der Waals surface area contributed by atoms with Gasteiger partial charge in [-0.15, -0.1) is 0 Å². The summed E-state index contributed by atoms with van der Waals surface area (Å²) in [5, 5.41) is 0. The SMILES string of the molecule is CCOC(=O)CCN1CCN(C(=O)OC(C)(C)C)[C@@H](C)C1. The van der Waals surface area contributed by atoms with Crippen molar-refractivity contribution >= 4 is 12.1 Å². The Bertz CT molecular complexity index is 365. The van der Waals surface area contributed by atoms with E-state index >= 15 is 0 Å². The highest BCUT2D eigenvalue weighted by Crippen LogP contribution is 2.15. The molecule has 6 heteroatoms. The van der Waals surface area contributed by atoms with Crippen molar-refractivity contribution in [3.63, 3.8) is 0 Å². The predicted octanol–water partition coefficient (Wildman–Crippen LogP) is 1.88. The molecule has 1 aliphatic rings. The summed E-state index contributed by atoms with van der Waals surface area (Å²) >= 11 is 0. The Morgan fingerprint density at radius 2 is 1.90 bits per heavy atom. The molecule has 1 fully saturated rings. The molecule has 0 aromatic rings. The average Bonchev–Trinajstić information content (AvgIpc) is 2.34. The van der Waals surface area contributed by atoms with Crippen molar-refractivity contribution in [2.45, 2.75) is 52.7 Å². The fourth-order valence-electron chi connectivity index (χ4n) is 2.31. The van der Waals surface area contributed by atoms with Gasteiger partial charge in [0.05, 0.1) is 13.0 Å². The topological polar surface area (TPSA) is 59.1 Å². The van der Waals surface area contributed by atoms with Gasteiger partial charge in [0, 0.05) is 32.2 Å². The van der Waals surface area contributed by atoms with Crippen LogP contribution in [0.1, 0.15) is 41.0 Å². The summed E-state index contributed by atoms with van der Waals surface area (Å²) in [4.78, 5) is 27.4. The fourth-order valence-corrected chi connectivity index (χ4v) is 2.31. The standard InChI is InChI=1S/C15H28N2O4/c1-6-20-13(18)7-8-16-9-10-17(12(2)11-16)14(19)21-15(3,4)5/h12H,6-11H2,1-5H3/t12-/m0/s1. The molecule has 6 nitrogen and oxygen atoms in total. The minimum absolute atomic E-state index is 0.0794. The van der Waals surface area contributed by atoms with Gasteiger partial charge in [-0.05, 0) is 34.6 Å². The molecule has 1 aliphatic heterocycles. The van der Waals surface area contributed by atoms with Crippen molar-refractivity contribution < 1.29 is 19.1 Å². The number of rotatable bonds is 4. The number of carbonyl (C=O) groups is 2. The number of hydrogen-bond acceptors (Lipinski definition) is 5. The van der Waals surface area contributed by atoms with Crippen LogP contribution in [0, 0.1) is 0 Å². The Labute approximate surface area is 127 Å². The number of piperazine rings is 1. The van der Waals surface area contributed by atoms with Crippen molar-refractivity contribution in [2.24, 2.45) is 0 Å². The van der Waals surface area contributed by atoms with Crippen LogP contribution in [0.2, 0.25) is 0 Å². The summed E-state index contributed by atoms with van der Waals surface area (Å²) in [6.45, 7) is 12.6. The molecule has 21 heavy (non-hydrogen) atoms. The van der Waals surface area contributed by atoms with Crippen LogP contribution < -0.4 is 0 Å². The van der Waals surface area contributed by atoms with Gasteiger partial charge in [-0.1, -0.05) is 0 Å². The summed E-state index contributed by atoms with van der Waals surface area (Å²) in [5.41, 5.74) is -0.474. The molecule has 0 aromatic carbocycles. The van der Waals surface area contributed by atoms with E-state index in [2.05, 4.69) is 4.90 Å². The van der Waals surface area contributed by atoms with Crippen LogP contribution in [0.4, 0.5) is 4.79 Å². The lowest BCUT2D eigenvalue weighted by molar-refractivity contribution is -0.143. The second-order valence-electron chi connectivity index (χ2n) is 6.38. The molecule has 0 aliphatic carbocycles. The number of hydrogen-bond donors (Lipinski definition) is 0. The van der Waals surface area contributed by atoms with Crippen molar-refractivity contribution in [1.82, 2.24) is 9.80 Å². The fraction of sp³-hybridized carbons (Fsp3) is 0.867. The van der Waals surface area contributed by atoms with E-state index < -0.39 is 5.60 Å². The maximum atomic E-state index is 12.1. The normalized spacial score (nSPS) is 20.2. The molecule has 1 saturated heterocycles. The predicted molar refractivity (Wildman–Crippen MR) is 80.1 cm³/mol. The third kappa shape index (κ3) is 6.33. The van der Waals surface area contributed by atoms with Crippen molar-refractivity contribution in [3.05, 3.63) is 0 Å². The minimum Gasteiger partial charge on any atom is -0.466 e. The zero-order valence-corrected chi connectivity index (χ0v) is 13.8. The highest BCUT2D eigenvalue weighted by Gasteiger charge is 2.30. The Morgan fingerprint density at radius 3 is 2.43 bits per heavy atom. The van der Waals surface area contributed by atoms with Crippen LogP contribution in [0.15, 0.2) is 0 Å². The maximum absolute atomic E-state index is 12.1. The highest BCUT2D eigenvalue weighted by atomic mass is 16.6. The molecule has 1 amide bonds. The van der Waals surface area contributed by atoms with Gasteiger partial charge < -0.3 is 14.4 Å². The Morgan fingerprint density at radius 1 is 1.24 bits per heavy atom. The summed E-state index contributed by atoms with van der Waals surface area (Å²) in [5.74, 6) is -0.167. The third-order valence-corrected chi connectivity index (χ3v) is 3.28. The number of carbonyl (C=O) groups excluding carboxylic acids is 2. The van der Waals surface area contributed by atoms with Crippen molar-refractivity contribution in [1.29, 1.82) is 0 Å². The van der Waals surface area contributed by atoms with Crippen LogP contribution in [-0.2, 0) is 14.3 Å². The van der Waals surface area contributed by atoms with Crippen LogP contribution in [0.5, 0.6) is 0 Å². The molecule has 0 saturated carbocycles. The molecular formula is C15H28N2O4. The van der Waals surface area contributed by atoms with Gasteiger partial charge in [0.25, 0.3) is 0 Å². The first-order chi connectivity index (χ1) is 9.73. The lowest BCUT2D eigenvalue weighted by Crippen LogP contribution is -2.55. The Kier molecular flexibility index (Phi) is 6.45. The second-order valence-corrected chi connectivity index (χ2v) is 6.38. The second kappa shape index (κ2) is 7.64. The molecule has 1 rings (SSSR count). The van der Waals surface area contributed by atoms with E-state index in [1.807, 2.05) is 27.7 Å². The first-order valence-electron chi connectivity index (χ1n) is 7.60. The van der Waals surface area contributed by atoms with Gasteiger partial charge in [-0.3, -0.25) is 9.69 Å². The van der Waals surface area contributed by atoms with E-state index in [-0.39, 0.29) is 18.1 Å². The molecule has 122 valence electrons. The van der Waals surface area contributed by atoms with E-state index in [0.717, 1.165) is 13.1 Å². The molecule has 0 N–H and O–H groups in total. The zero-order chi connectivity index (χ0) is 16.0. The minimum atomic E-state index is -0.474. The van der Waals surface area contributed by atoms with Gasteiger partial charge in [-0.25, -0.2) is 4.79 Å². The van der Waals surface area contributed by atoms with Gasteiger partial charge in [0.2, 0.25) is 0 Å². The summed E-state index contributed by atoms with van der Waals surface area (Å²) in [7, 11) is 0. The molecule has 0 bridgehead atoms. The molecular weight excluding hydrogens is 272 g/mol. The van der Waals surface area contributed by atoms with E-state index in [1.54, 1.807) is 11.8 Å². The van der Waals surface area contributed by atoms with Crippen molar-refractivity contribution in [2.75, 3.05) is 32.8 Å². The highest BCUT2D eigenvalue weighted by molar-refractivity contribution is 5.69. The van der Waals surface area contributed by atoms with E-state index in [1.165, 1.54) is 0 Å². The maximum Gasteiger partial charge on any atom is 0.410 e. The number of nitrogens with zero attached hydrogens (tertiary/aromatic N) is 2. The van der Waals surface area contributed by atoms with Crippen LogP contribution in [0.25, 0.3) is 0 Å². The summed E-state index contributed by atoms with van der Waals surface area (Å²) in [6.07, 6.45) is 0.132. The molecule has 1 heterocycles. The quantitative estimate of drug-likeness (QED) is 0.742. The Balaban J connectivity index is 2.40. The average molecular weight is 300 g/mol. The monoisotopic (exact) mass is 300 g/mol. The first-order valence-corrected chi connectivity index (χ1v) is 7.60. The molecule has 0 spiro atoms. The lowest BCUT2D eigenvalue weighted by atomic mass is 10.2. The summed E-state index contributed by atoms with van der Waals surface area (Å²) < 4.78 is 10.3. The van der Waals surface area contributed by atoms with Crippen LogP contribution >= 0.6 is 0 Å². The largest absolute Gasteiger partial charge is 0.466 e. The molecule has 0 radical (unpaired) electrons. The van der Waals surface area contributed by atoms with Gasteiger partial charge in [-0.2, -0.15) is 0 Å². The first kappa shape index (κ1) is 17.8. The lowest BCUT2D eigenvalue weighted by Gasteiger charge is -2.40. The van der Waals surface area contributed by atoms with Gasteiger partial charge >= 0.3 is 12.1 Å². The third-order valence-electron chi connectivity index (χ3n) is 3.28. The molecule has 0 unspecified atom stereocenters.